The summed E-state index contributed by atoms with van der Waals surface area (Å²) in [7, 11) is 0. The van der Waals surface area contributed by atoms with Crippen molar-refractivity contribution in [3.05, 3.63) is 51.5 Å². The van der Waals surface area contributed by atoms with Crippen molar-refractivity contribution >= 4 is 29.2 Å². The van der Waals surface area contributed by atoms with Crippen LogP contribution in [0.25, 0.3) is 6.08 Å². The number of aryl methyl sites for hydroxylation is 1. The van der Waals surface area contributed by atoms with Crippen LogP contribution >= 0.6 is 11.3 Å². The standard InChI is InChI=1S/C30H43N3O5S/c1-18-8-7-9-22(15-26-31-12-13-32-26)10-11-24(19(2)14-23-17-39-21(4)33-23)38-27(35)16-25(34)30(5,6)29(37)20(3)28(18)36/h10,12-14,17-18,20,24-25,28,34,36H,7-9,11,15-16H2,1-6H3,(H,31,32)/b19-14+,22-10+/t18-,20+,24-,25-,28-/m0/s1. The van der Waals surface area contributed by atoms with Gasteiger partial charge in [0.25, 0.3) is 0 Å². The molecule has 3 N–H and O–H groups in total. The summed E-state index contributed by atoms with van der Waals surface area (Å²) in [5.41, 5.74) is 1.59. The SMILES string of the molecule is C/C(=C\c1csc(C)n1)[C@@H]1C/C=C(/Cc2ncc[nH]2)CCC[C@H](C)[C@H](O)[C@@H](C)C(=O)C(C)(C)[C@@H](O)CC(=O)O1. The molecule has 0 unspecified atom stereocenters. The molecule has 0 saturated heterocycles. The summed E-state index contributed by atoms with van der Waals surface area (Å²) in [5, 5.41) is 24.8. The van der Waals surface area contributed by atoms with Crippen LogP contribution in [0.15, 0.2) is 35.0 Å². The lowest BCUT2D eigenvalue weighted by atomic mass is 9.73. The maximum absolute atomic E-state index is 13.3. The number of hydrogen-bond donors (Lipinski definition) is 3. The highest BCUT2D eigenvalue weighted by Crippen LogP contribution is 2.32. The summed E-state index contributed by atoms with van der Waals surface area (Å²) in [6.07, 6.45) is 8.07. The van der Waals surface area contributed by atoms with Crippen molar-refractivity contribution in [1.29, 1.82) is 0 Å². The van der Waals surface area contributed by atoms with E-state index in [-0.39, 0.29) is 18.1 Å². The van der Waals surface area contributed by atoms with Crippen LogP contribution in [0.1, 0.15) is 83.2 Å². The van der Waals surface area contributed by atoms with Crippen LogP contribution in [0.5, 0.6) is 0 Å². The third kappa shape index (κ3) is 8.43. The Morgan fingerprint density at radius 3 is 2.67 bits per heavy atom. The van der Waals surface area contributed by atoms with E-state index in [0.29, 0.717) is 12.8 Å². The molecule has 1 aliphatic heterocycles. The molecule has 1 aliphatic rings. The lowest BCUT2D eigenvalue weighted by molar-refractivity contribution is -0.154. The molecule has 0 amide bonds. The van der Waals surface area contributed by atoms with Gasteiger partial charge in [0.2, 0.25) is 0 Å². The molecule has 8 nitrogen and oxygen atoms in total. The molecule has 0 fully saturated rings. The molecule has 0 spiro atoms. The number of allylic oxidation sites excluding steroid dienone is 1. The number of aromatic nitrogens is 3. The van der Waals surface area contributed by atoms with Crippen LogP contribution in [-0.2, 0) is 20.7 Å². The predicted octanol–water partition coefficient (Wildman–Crippen LogP) is 5.21. The number of H-pyrrole nitrogens is 1. The fraction of sp³-hybridized carbons (Fsp3) is 0.600. The van der Waals surface area contributed by atoms with Crippen LogP contribution in [-0.4, -0.2) is 55.2 Å². The molecule has 39 heavy (non-hydrogen) atoms. The maximum atomic E-state index is 13.3. The molecule has 0 aliphatic carbocycles. The van der Waals surface area contributed by atoms with Crippen LogP contribution in [0, 0.1) is 24.2 Å². The van der Waals surface area contributed by atoms with Crippen molar-refractivity contribution in [1.82, 2.24) is 15.0 Å². The van der Waals surface area contributed by atoms with E-state index in [9.17, 15) is 19.8 Å². The van der Waals surface area contributed by atoms with Gasteiger partial charge in [-0.3, -0.25) is 9.59 Å². The number of ketones is 1. The number of Topliss-reactive ketones (excluding diaryl/α,β-unsaturated/α-hetero) is 1. The summed E-state index contributed by atoms with van der Waals surface area (Å²) in [4.78, 5) is 38.4. The van der Waals surface area contributed by atoms with Gasteiger partial charge in [-0.1, -0.05) is 39.3 Å². The van der Waals surface area contributed by atoms with E-state index in [4.69, 9.17) is 4.74 Å². The van der Waals surface area contributed by atoms with E-state index >= 15 is 0 Å². The Bertz CT molecular complexity index is 1170. The lowest BCUT2D eigenvalue weighted by Gasteiger charge is -2.34. The van der Waals surface area contributed by atoms with E-state index in [2.05, 4.69) is 21.0 Å². The molecule has 0 bridgehead atoms. The molecule has 9 heteroatoms. The van der Waals surface area contributed by atoms with Gasteiger partial charge in [-0.15, -0.1) is 11.3 Å². The van der Waals surface area contributed by atoms with E-state index in [1.807, 2.05) is 32.2 Å². The fourth-order valence-corrected chi connectivity index (χ4v) is 5.66. The first-order valence-electron chi connectivity index (χ1n) is 13.7. The third-order valence-electron chi connectivity index (χ3n) is 7.86. The second-order valence-electron chi connectivity index (χ2n) is 11.4. The zero-order valence-corrected chi connectivity index (χ0v) is 24.8. The highest BCUT2D eigenvalue weighted by molar-refractivity contribution is 7.09. The minimum Gasteiger partial charge on any atom is -0.457 e. The van der Waals surface area contributed by atoms with Crippen molar-refractivity contribution in [2.24, 2.45) is 17.3 Å². The molecular formula is C30H43N3O5S. The van der Waals surface area contributed by atoms with Gasteiger partial charge in [-0.05, 0) is 50.7 Å². The van der Waals surface area contributed by atoms with Gasteiger partial charge < -0.3 is 19.9 Å². The normalized spacial score (nSPS) is 29.5. The first-order chi connectivity index (χ1) is 18.4. The highest BCUT2D eigenvalue weighted by atomic mass is 32.1. The number of aromatic amines is 1. The number of ether oxygens (including phenoxy) is 1. The molecule has 3 rings (SSSR count). The van der Waals surface area contributed by atoms with Gasteiger partial charge >= 0.3 is 5.97 Å². The number of nitrogens with one attached hydrogen (secondary N) is 1. The summed E-state index contributed by atoms with van der Waals surface area (Å²) in [6, 6.07) is 0. The zero-order chi connectivity index (χ0) is 28.7. The van der Waals surface area contributed by atoms with Gasteiger partial charge in [0.1, 0.15) is 17.7 Å². The number of carbonyl (C=O) groups is 2. The number of aliphatic hydroxyl groups excluding tert-OH is 2. The smallest absolute Gasteiger partial charge is 0.309 e. The molecule has 214 valence electrons. The predicted molar refractivity (Wildman–Crippen MR) is 153 cm³/mol. The Kier molecular flexibility index (Phi) is 10.8. The summed E-state index contributed by atoms with van der Waals surface area (Å²) < 4.78 is 5.92. The quantitative estimate of drug-likeness (QED) is 0.348. The number of hydrogen-bond acceptors (Lipinski definition) is 8. The Labute approximate surface area is 235 Å². The average Bonchev–Trinajstić information content (AvgIpc) is 3.55. The summed E-state index contributed by atoms with van der Waals surface area (Å²) in [6.45, 7) is 10.8. The van der Waals surface area contributed by atoms with Crippen molar-refractivity contribution in [2.75, 3.05) is 0 Å². The Morgan fingerprint density at radius 1 is 1.28 bits per heavy atom. The molecule has 0 radical (unpaired) electrons. The third-order valence-corrected chi connectivity index (χ3v) is 8.65. The number of rotatable bonds is 4. The Hall–Kier alpha value is -2.62. The molecule has 2 aromatic rings. The summed E-state index contributed by atoms with van der Waals surface area (Å²) >= 11 is 1.55. The molecule has 0 aromatic carbocycles. The van der Waals surface area contributed by atoms with Crippen molar-refractivity contribution < 1.29 is 24.5 Å². The number of aliphatic hydroxyl groups is 2. The zero-order valence-electron chi connectivity index (χ0n) is 23.9. The fourth-order valence-electron chi connectivity index (χ4n) is 5.09. The Morgan fingerprint density at radius 2 is 2.03 bits per heavy atom. The topological polar surface area (TPSA) is 125 Å². The van der Waals surface area contributed by atoms with Crippen molar-refractivity contribution in [3.63, 3.8) is 0 Å². The van der Waals surface area contributed by atoms with Crippen LogP contribution in [0.4, 0.5) is 0 Å². The number of thiazole rings is 1. The largest absolute Gasteiger partial charge is 0.457 e. The number of carbonyl (C=O) groups excluding carboxylic acids is 2. The van der Waals surface area contributed by atoms with Crippen LogP contribution in [0.3, 0.4) is 0 Å². The van der Waals surface area contributed by atoms with E-state index < -0.39 is 35.6 Å². The summed E-state index contributed by atoms with van der Waals surface area (Å²) in [5.74, 6) is -0.762. The van der Waals surface area contributed by atoms with E-state index in [1.54, 1.807) is 44.5 Å². The number of nitrogens with zero attached hydrogens (tertiary/aromatic N) is 2. The second-order valence-corrected chi connectivity index (χ2v) is 12.5. The minimum atomic E-state index is -1.24. The van der Waals surface area contributed by atoms with Gasteiger partial charge in [-0.2, -0.15) is 0 Å². The molecule has 2 aromatic heterocycles. The number of esters is 1. The molecule has 3 heterocycles. The van der Waals surface area contributed by atoms with Gasteiger partial charge in [0.05, 0.1) is 34.7 Å². The monoisotopic (exact) mass is 557 g/mol. The number of cyclic esters (lactones) is 1. The van der Waals surface area contributed by atoms with Gasteiger partial charge in [0.15, 0.2) is 0 Å². The highest BCUT2D eigenvalue weighted by Gasteiger charge is 2.42. The maximum Gasteiger partial charge on any atom is 0.309 e. The van der Waals surface area contributed by atoms with E-state index in [1.165, 1.54) is 0 Å². The van der Waals surface area contributed by atoms with Crippen molar-refractivity contribution in [3.8, 4) is 0 Å². The first kappa shape index (κ1) is 30.9. The Balaban J connectivity index is 1.94. The molecule has 5 atom stereocenters. The van der Waals surface area contributed by atoms with Crippen LogP contribution < -0.4 is 0 Å². The van der Waals surface area contributed by atoms with E-state index in [0.717, 1.165) is 46.9 Å². The number of imidazole rings is 1. The van der Waals surface area contributed by atoms with Gasteiger partial charge in [0, 0.05) is 36.5 Å². The van der Waals surface area contributed by atoms with Crippen molar-refractivity contribution in [2.45, 2.75) is 98.4 Å². The lowest BCUT2D eigenvalue weighted by Crippen LogP contribution is -2.45. The van der Waals surface area contributed by atoms with Gasteiger partial charge in [-0.25, -0.2) is 9.97 Å². The molecular weight excluding hydrogens is 514 g/mol. The molecule has 0 saturated carbocycles. The van der Waals surface area contributed by atoms with Crippen LogP contribution in [0.2, 0.25) is 0 Å². The average molecular weight is 558 g/mol. The second kappa shape index (κ2) is 13.6. The first-order valence-corrected chi connectivity index (χ1v) is 14.6. The minimum absolute atomic E-state index is 0.0980.